The maximum atomic E-state index is 12.3. The van der Waals surface area contributed by atoms with Crippen molar-refractivity contribution in [3.05, 3.63) is 34.7 Å². The summed E-state index contributed by atoms with van der Waals surface area (Å²) in [5.74, 6) is 0.472. The van der Waals surface area contributed by atoms with Crippen molar-refractivity contribution in [1.29, 1.82) is 0 Å². The fraction of sp³-hybridized carbons (Fsp3) is 0.182. The van der Waals surface area contributed by atoms with Crippen molar-refractivity contribution < 1.29 is 22.3 Å². The number of rotatable bonds is 2. The Balaban J connectivity index is 2.55. The second kappa shape index (κ2) is 4.66. The predicted octanol–water partition coefficient (Wildman–Crippen LogP) is 1.65. The quantitative estimate of drug-likeness (QED) is 0.789. The molecule has 1 aromatic carbocycles. The first kappa shape index (κ1) is 13.0. The standard InChI is InChI=1S/C11H7F3O3Se/c1-16-6-2-3-7-8(4-6)17-5-9(10(7)15)18-11(12,13)14/h2-5H,1H3. The van der Waals surface area contributed by atoms with Gasteiger partial charge in [0.15, 0.2) is 0 Å². The molecule has 2 rings (SSSR count). The van der Waals surface area contributed by atoms with Gasteiger partial charge in [0.1, 0.15) is 0 Å². The van der Waals surface area contributed by atoms with Crippen LogP contribution in [0.1, 0.15) is 0 Å². The van der Waals surface area contributed by atoms with Crippen LogP contribution < -0.4 is 14.6 Å². The normalized spacial score (nSPS) is 11.8. The van der Waals surface area contributed by atoms with Gasteiger partial charge in [-0.25, -0.2) is 0 Å². The van der Waals surface area contributed by atoms with Crippen LogP contribution in [0.15, 0.2) is 33.7 Å². The number of fused-ring (bicyclic) bond motifs is 1. The average molecular weight is 323 g/mol. The number of ether oxygens (including phenoxy) is 1. The van der Waals surface area contributed by atoms with E-state index < -0.39 is 25.5 Å². The van der Waals surface area contributed by atoms with Crippen LogP contribution in [-0.4, -0.2) is 27.1 Å². The zero-order chi connectivity index (χ0) is 13.3. The summed E-state index contributed by atoms with van der Waals surface area (Å²) < 4.78 is 46.4. The van der Waals surface area contributed by atoms with E-state index in [1.165, 1.54) is 25.3 Å². The van der Waals surface area contributed by atoms with Crippen LogP contribution >= 0.6 is 0 Å². The molecule has 0 aliphatic carbocycles. The Kier molecular flexibility index (Phi) is 3.36. The molecule has 0 fully saturated rings. The Morgan fingerprint density at radius 1 is 1.33 bits per heavy atom. The van der Waals surface area contributed by atoms with Gasteiger partial charge in [-0.1, -0.05) is 0 Å². The Morgan fingerprint density at radius 3 is 2.67 bits per heavy atom. The number of benzene rings is 1. The molecule has 0 aliphatic rings. The monoisotopic (exact) mass is 324 g/mol. The SMILES string of the molecule is COc1ccc2c(=O)c([Se]C(F)(F)F)coc2c1. The summed E-state index contributed by atoms with van der Waals surface area (Å²) >= 11 is -1.90. The minimum atomic E-state index is -4.37. The molecule has 0 saturated carbocycles. The van der Waals surface area contributed by atoms with E-state index in [-0.39, 0.29) is 15.4 Å². The zero-order valence-electron chi connectivity index (χ0n) is 9.08. The molecule has 0 bridgehead atoms. The van der Waals surface area contributed by atoms with Gasteiger partial charge in [0, 0.05) is 0 Å². The Bertz CT molecular complexity index is 633. The molecule has 2 aromatic rings. The van der Waals surface area contributed by atoms with Crippen molar-refractivity contribution in [3.8, 4) is 5.75 Å². The number of methoxy groups -OCH3 is 1. The van der Waals surface area contributed by atoms with Gasteiger partial charge in [0.2, 0.25) is 0 Å². The summed E-state index contributed by atoms with van der Waals surface area (Å²) in [6, 6.07) is 4.36. The fourth-order valence-electron chi connectivity index (χ4n) is 1.41. The van der Waals surface area contributed by atoms with Crippen molar-refractivity contribution in [2.24, 2.45) is 0 Å². The molecule has 0 unspecified atom stereocenters. The summed E-state index contributed by atoms with van der Waals surface area (Å²) in [7, 11) is 1.44. The molecule has 0 saturated heterocycles. The van der Waals surface area contributed by atoms with Crippen LogP contribution in [0, 0.1) is 0 Å². The molecule has 18 heavy (non-hydrogen) atoms. The Labute approximate surface area is 106 Å². The molecule has 7 heteroatoms. The average Bonchev–Trinajstić information content (AvgIpc) is 2.31. The molecular weight excluding hydrogens is 316 g/mol. The summed E-state index contributed by atoms with van der Waals surface area (Å²) in [6.07, 6.45) is 0.873. The number of hydrogen-bond acceptors (Lipinski definition) is 3. The summed E-state index contributed by atoms with van der Waals surface area (Å²) in [4.78, 5) is 11.8. The summed E-state index contributed by atoms with van der Waals surface area (Å²) in [5.41, 5.74) is -0.433. The molecule has 0 N–H and O–H groups in total. The number of alkyl halides is 3. The third-order valence-electron chi connectivity index (χ3n) is 2.18. The first-order chi connectivity index (χ1) is 8.40. The van der Waals surface area contributed by atoms with Crippen LogP contribution in [0.5, 0.6) is 5.75 Å². The molecule has 1 heterocycles. The number of hydrogen-bond donors (Lipinski definition) is 0. The maximum absolute atomic E-state index is 12.3. The number of halogens is 3. The van der Waals surface area contributed by atoms with E-state index >= 15 is 0 Å². The second-order valence-electron chi connectivity index (χ2n) is 3.34. The fourth-order valence-corrected chi connectivity index (χ4v) is 2.56. The van der Waals surface area contributed by atoms with E-state index in [1.807, 2.05) is 0 Å². The molecular formula is C11H7F3O3Se. The van der Waals surface area contributed by atoms with E-state index in [4.69, 9.17) is 9.15 Å². The van der Waals surface area contributed by atoms with Crippen LogP contribution in [0.25, 0.3) is 11.0 Å². The van der Waals surface area contributed by atoms with Crippen LogP contribution in [0.4, 0.5) is 13.2 Å². The van der Waals surface area contributed by atoms with Crippen LogP contribution in [0.3, 0.4) is 0 Å². The molecule has 0 amide bonds. The Hall–Kier alpha value is -1.46. The third kappa shape index (κ3) is 2.68. The zero-order valence-corrected chi connectivity index (χ0v) is 10.8. The Morgan fingerprint density at radius 2 is 2.06 bits per heavy atom. The first-order valence-electron chi connectivity index (χ1n) is 4.76. The molecule has 0 spiro atoms. The second-order valence-corrected chi connectivity index (χ2v) is 5.66. The first-order valence-corrected chi connectivity index (χ1v) is 6.47. The molecule has 0 aliphatic heterocycles. The van der Waals surface area contributed by atoms with E-state index in [2.05, 4.69) is 0 Å². The topological polar surface area (TPSA) is 39.4 Å². The van der Waals surface area contributed by atoms with Crippen molar-refractivity contribution in [2.45, 2.75) is 5.07 Å². The van der Waals surface area contributed by atoms with Gasteiger partial charge in [-0.3, -0.25) is 0 Å². The van der Waals surface area contributed by atoms with Crippen LogP contribution in [0.2, 0.25) is 0 Å². The van der Waals surface area contributed by atoms with Gasteiger partial charge >= 0.3 is 105 Å². The van der Waals surface area contributed by atoms with Gasteiger partial charge in [-0.05, 0) is 0 Å². The molecule has 96 valence electrons. The molecule has 0 radical (unpaired) electrons. The summed E-state index contributed by atoms with van der Waals surface area (Å²) in [5, 5.41) is -4.25. The predicted molar refractivity (Wildman–Crippen MR) is 60.5 cm³/mol. The minimum absolute atomic E-state index is 0.124. The van der Waals surface area contributed by atoms with Crippen molar-refractivity contribution in [2.75, 3.05) is 7.11 Å². The van der Waals surface area contributed by atoms with E-state index in [1.54, 1.807) is 0 Å². The van der Waals surface area contributed by atoms with E-state index in [9.17, 15) is 18.0 Å². The van der Waals surface area contributed by atoms with E-state index in [0.717, 1.165) is 6.26 Å². The van der Waals surface area contributed by atoms with Crippen molar-refractivity contribution in [1.82, 2.24) is 0 Å². The van der Waals surface area contributed by atoms with Crippen molar-refractivity contribution >= 4 is 30.4 Å². The molecule has 3 nitrogen and oxygen atoms in total. The van der Waals surface area contributed by atoms with Gasteiger partial charge in [0.05, 0.1) is 0 Å². The van der Waals surface area contributed by atoms with Gasteiger partial charge < -0.3 is 0 Å². The van der Waals surface area contributed by atoms with Gasteiger partial charge in [-0.15, -0.1) is 0 Å². The van der Waals surface area contributed by atoms with Gasteiger partial charge in [0.25, 0.3) is 0 Å². The third-order valence-corrected chi connectivity index (χ3v) is 3.71. The molecule has 1 aromatic heterocycles. The molecule has 0 atom stereocenters. The van der Waals surface area contributed by atoms with Gasteiger partial charge in [-0.2, -0.15) is 0 Å². The van der Waals surface area contributed by atoms with Crippen molar-refractivity contribution in [3.63, 3.8) is 0 Å². The summed E-state index contributed by atoms with van der Waals surface area (Å²) in [6.45, 7) is 0. The van der Waals surface area contributed by atoms with E-state index in [0.29, 0.717) is 5.75 Å². The van der Waals surface area contributed by atoms with Crippen LogP contribution in [-0.2, 0) is 0 Å².